The molecule has 0 aliphatic rings. The van der Waals surface area contributed by atoms with E-state index in [1.165, 1.54) is 0 Å². The second-order valence-electron chi connectivity index (χ2n) is 3.75. The predicted molar refractivity (Wildman–Crippen MR) is 70.7 cm³/mol. The summed E-state index contributed by atoms with van der Waals surface area (Å²) in [6.45, 7) is 9.26. The summed E-state index contributed by atoms with van der Waals surface area (Å²) in [5.41, 5.74) is 0. The molecule has 0 amide bonds. The van der Waals surface area contributed by atoms with Gasteiger partial charge in [-0.1, -0.05) is 25.4 Å². The molecule has 1 unspecified atom stereocenters. The highest BCUT2D eigenvalue weighted by atomic mass is 35.5. The molecule has 1 aromatic heterocycles. The minimum atomic E-state index is 0.0898. The summed E-state index contributed by atoms with van der Waals surface area (Å²) in [6.07, 6.45) is 0. The van der Waals surface area contributed by atoms with Gasteiger partial charge in [0.1, 0.15) is 0 Å². The molecule has 0 saturated heterocycles. The number of likely N-dealkylation sites (N-methyl/N-ethyl adjacent to an activating group) is 1. The van der Waals surface area contributed by atoms with Crippen LogP contribution in [0.2, 0.25) is 10.4 Å². The Morgan fingerprint density at radius 1 is 1.24 bits per heavy atom. The van der Waals surface area contributed by atoms with E-state index in [0.717, 1.165) is 19.6 Å². The molecule has 0 bridgehead atoms. The van der Waals surface area contributed by atoms with Gasteiger partial charge >= 0.3 is 0 Å². The van der Waals surface area contributed by atoms with Crippen LogP contribution < -0.4 is 5.32 Å². The second-order valence-corrected chi connectivity index (χ2v) is 4.45. The van der Waals surface area contributed by atoms with E-state index in [1.807, 2.05) is 0 Å². The zero-order valence-corrected chi connectivity index (χ0v) is 11.8. The average molecular weight is 278 g/mol. The Bertz CT molecular complexity index is 357. The molecule has 0 fully saturated rings. The van der Waals surface area contributed by atoms with Crippen LogP contribution in [0.3, 0.4) is 0 Å². The minimum absolute atomic E-state index is 0.0898. The number of anilines is 1. The number of nitrogens with one attached hydrogen (secondary N) is 1. The van der Waals surface area contributed by atoms with E-state index in [2.05, 4.69) is 46.2 Å². The number of aromatic nitrogens is 3. The number of rotatable bonds is 6. The molecular formula is C10H17Cl2N5. The molecule has 0 spiro atoms. The van der Waals surface area contributed by atoms with Gasteiger partial charge in [0.2, 0.25) is 5.28 Å². The maximum Gasteiger partial charge on any atom is 0.245 e. The molecule has 17 heavy (non-hydrogen) atoms. The van der Waals surface area contributed by atoms with Crippen molar-refractivity contribution in [1.82, 2.24) is 20.1 Å². The molecule has 1 heterocycles. The van der Waals surface area contributed by atoms with Gasteiger partial charge in [0.05, 0.1) is 0 Å². The fourth-order valence-corrected chi connectivity index (χ4v) is 1.79. The van der Waals surface area contributed by atoms with Crippen LogP contribution in [0.1, 0.15) is 20.8 Å². The van der Waals surface area contributed by atoms with E-state index in [1.54, 1.807) is 0 Å². The predicted octanol–water partition coefficient (Wildman–Crippen LogP) is 2.32. The first kappa shape index (κ1) is 14.4. The Labute approximate surface area is 112 Å². The highest BCUT2D eigenvalue weighted by Crippen LogP contribution is 2.17. The third kappa shape index (κ3) is 4.61. The third-order valence-electron chi connectivity index (χ3n) is 2.43. The molecule has 1 aromatic rings. The second kappa shape index (κ2) is 6.93. The minimum Gasteiger partial charge on any atom is -0.364 e. The SMILES string of the molecule is CCN(CC)CC(C)Nc1nc(Cl)nnc1Cl. The van der Waals surface area contributed by atoms with Crippen molar-refractivity contribution in [2.75, 3.05) is 25.0 Å². The van der Waals surface area contributed by atoms with Crippen molar-refractivity contribution in [2.24, 2.45) is 0 Å². The van der Waals surface area contributed by atoms with Crippen LogP contribution in [0.25, 0.3) is 0 Å². The largest absolute Gasteiger partial charge is 0.364 e. The van der Waals surface area contributed by atoms with Crippen LogP contribution in [-0.2, 0) is 0 Å². The zero-order chi connectivity index (χ0) is 12.8. The van der Waals surface area contributed by atoms with Crippen LogP contribution in [0.15, 0.2) is 0 Å². The van der Waals surface area contributed by atoms with Crippen molar-refractivity contribution in [3.05, 3.63) is 10.4 Å². The van der Waals surface area contributed by atoms with Crippen molar-refractivity contribution in [3.63, 3.8) is 0 Å². The topological polar surface area (TPSA) is 53.9 Å². The lowest BCUT2D eigenvalue weighted by Crippen LogP contribution is -2.35. The van der Waals surface area contributed by atoms with E-state index < -0.39 is 0 Å². The molecule has 7 heteroatoms. The van der Waals surface area contributed by atoms with Gasteiger partial charge < -0.3 is 10.2 Å². The Morgan fingerprint density at radius 3 is 2.47 bits per heavy atom. The van der Waals surface area contributed by atoms with Crippen LogP contribution >= 0.6 is 23.2 Å². The molecule has 0 saturated carbocycles. The van der Waals surface area contributed by atoms with Crippen molar-refractivity contribution in [2.45, 2.75) is 26.8 Å². The van der Waals surface area contributed by atoms with Crippen LogP contribution in [0.5, 0.6) is 0 Å². The normalized spacial score (nSPS) is 12.8. The summed E-state index contributed by atoms with van der Waals surface area (Å²) >= 11 is 11.5. The Balaban J connectivity index is 2.61. The summed E-state index contributed by atoms with van der Waals surface area (Å²) in [4.78, 5) is 6.31. The van der Waals surface area contributed by atoms with E-state index in [9.17, 15) is 0 Å². The fraction of sp³-hybridized carbons (Fsp3) is 0.700. The summed E-state index contributed by atoms with van der Waals surface area (Å²) < 4.78 is 0. The first-order valence-electron chi connectivity index (χ1n) is 5.61. The van der Waals surface area contributed by atoms with Crippen molar-refractivity contribution in [1.29, 1.82) is 0 Å². The molecule has 0 aliphatic heterocycles. The van der Waals surface area contributed by atoms with E-state index in [4.69, 9.17) is 23.2 Å². The van der Waals surface area contributed by atoms with Crippen LogP contribution in [0, 0.1) is 0 Å². The molecule has 5 nitrogen and oxygen atoms in total. The van der Waals surface area contributed by atoms with Gasteiger partial charge in [0.25, 0.3) is 0 Å². The van der Waals surface area contributed by atoms with E-state index >= 15 is 0 Å². The fourth-order valence-electron chi connectivity index (χ4n) is 1.53. The quantitative estimate of drug-likeness (QED) is 0.865. The van der Waals surface area contributed by atoms with Gasteiger partial charge in [-0.3, -0.25) is 0 Å². The van der Waals surface area contributed by atoms with Gasteiger partial charge in [-0.05, 0) is 31.6 Å². The van der Waals surface area contributed by atoms with Crippen molar-refractivity contribution < 1.29 is 0 Å². The molecule has 0 radical (unpaired) electrons. The van der Waals surface area contributed by atoms with Gasteiger partial charge in [0, 0.05) is 12.6 Å². The third-order valence-corrected chi connectivity index (χ3v) is 2.84. The summed E-state index contributed by atoms with van der Waals surface area (Å²) in [5.74, 6) is 0.478. The van der Waals surface area contributed by atoms with Crippen molar-refractivity contribution >= 4 is 29.0 Å². The smallest absolute Gasteiger partial charge is 0.245 e. The van der Waals surface area contributed by atoms with Crippen LogP contribution in [-0.4, -0.2) is 45.8 Å². The summed E-state index contributed by atoms with van der Waals surface area (Å²) in [5, 5.41) is 10.8. The maximum absolute atomic E-state index is 5.87. The highest BCUT2D eigenvalue weighted by molar-refractivity contribution is 6.32. The lowest BCUT2D eigenvalue weighted by molar-refractivity contribution is 0.294. The first-order valence-corrected chi connectivity index (χ1v) is 6.37. The van der Waals surface area contributed by atoms with Gasteiger partial charge in [-0.2, -0.15) is 4.98 Å². The van der Waals surface area contributed by atoms with Gasteiger partial charge in [0.15, 0.2) is 11.0 Å². The van der Waals surface area contributed by atoms with Gasteiger partial charge in [-0.15, -0.1) is 10.2 Å². The van der Waals surface area contributed by atoms with E-state index in [-0.39, 0.29) is 16.5 Å². The number of halogens is 2. The van der Waals surface area contributed by atoms with Gasteiger partial charge in [-0.25, -0.2) is 0 Å². The number of hydrogen-bond donors (Lipinski definition) is 1. The van der Waals surface area contributed by atoms with Crippen molar-refractivity contribution in [3.8, 4) is 0 Å². The zero-order valence-electron chi connectivity index (χ0n) is 10.2. The van der Waals surface area contributed by atoms with Crippen LogP contribution in [0.4, 0.5) is 5.82 Å². The lowest BCUT2D eigenvalue weighted by Gasteiger charge is -2.23. The number of hydrogen-bond acceptors (Lipinski definition) is 5. The Kier molecular flexibility index (Phi) is 5.88. The molecular weight excluding hydrogens is 261 g/mol. The monoisotopic (exact) mass is 277 g/mol. The molecule has 0 aromatic carbocycles. The highest BCUT2D eigenvalue weighted by Gasteiger charge is 2.11. The molecule has 1 rings (SSSR count). The molecule has 0 aliphatic carbocycles. The summed E-state index contributed by atoms with van der Waals surface area (Å²) in [7, 11) is 0. The lowest BCUT2D eigenvalue weighted by atomic mass is 10.3. The Morgan fingerprint density at radius 2 is 1.88 bits per heavy atom. The first-order chi connectivity index (χ1) is 8.06. The molecule has 1 N–H and O–H groups in total. The molecule has 1 atom stereocenters. The maximum atomic E-state index is 5.87. The molecule has 96 valence electrons. The number of nitrogens with zero attached hydrogens (tertiary/aromatic N) is 4. The standard InChI is InChI=1S/C10H17Cl2N5/c1-4-17(5-2)6-7(3)13-9-8(11)15-16-10(12)14-9/h7H,4-6H2,1-3H3,(H,13,14,16). The van der Waals surface area contributed by atoms with E-state index in [0.29, 0.717) is 5.82 Å². The average Bonchev–Trinajstić information content (AvgIpc) is 2.31. The summed E-state index contributed by atoms with van der Waals surface area (Å²) in [6, 6.07) is 0.208. The Hall–Kier alpha value is -0.650.